The normalized spacial score (nSPS) is 15.2. The number of benzene rings is 2. The molecular formula is C30H32F6N4O2. The lowest BCUT2D eigenvalue weighted by Gasteiger charge is -2.33. The van der Waals surface area contributed by atoms with Crippen LogP contribution >= 0.6 is 0 Å². The van der Waals surface area contributed by atoms with Gasteiger partial charge in [-0.1, -0.05) is 24.3 Å². The number of hydrogen-bond acceptors (Lipinski definition) is 4. The molecule has 0 radical (unpaired) electrons. The molecule has 0 atom stereocenters. The molecule has 42 heavy (non-hydrogen) atoms. The molecule has 0 aliphatic carbocycles. The molecule has 4 rings (SSSR count). The second-order valence-electron chi connectivity index (χ2n) is 11.1. The second-order valence-corrected chi connectivity index (χ2v) is 11.1. The SMILES string of the molecule is Cc1ccccc1-c1cc(N2CCN(C)CC2)[n+]([O-])cc1N(C)C(=O)C(C)(C)c1cc(C(F)(F)F)cc(C(F)(F)F)c1. The molecule has 226 valence electrons. The molecule has 1 amide bonds. The lowest BCUT2D eigenvalue weighted by atomic mass is 9.81. The van der Waals surface area contributed by atoms with Crippen LogP contribution in [-0.4, -0.2) is 51.1 Å². The van der Waals surface area contributed by atoms with Gasteiger partial charge in [-0.15, -0.1) is 0 Å². The number of carbonyl (C=O) groups excluding carboxylic acids is 1. The Morgan fingerprint density at radius 1 is 0.857 bits per heavy atom. The molecule has 1 aliphatic heterocycles. The minimum absolute atomic E-state index is 0.0292. The standard InChI is InChI=1S/C30H32F6N4O2/c1-19-8-6-7-9-23(19)24-17-26(39-12-10-37(4)11-13-39)40(42)18-25(24)38(5)27(41)28(2,3)20-14-21(29(31,32)33)16-22(15-20)30(34,35)36/h6-9,14-18H,10-13H2,1-5H3. The van der Waals surface area contributed by atoms with Crippen LogP contribution in [0.1, 0.15) is 36.1 Å². The summed E-state index contributed by atoms with van der Waals surface area (Å²) >= 11 is 0. The first-order valence-electron chi connectivity index (χ1n) is 13.3. The zero-order valence-corrected chi connectivity index (χ0v) is 23.9. The Bertz CT molecular complexity index is 1450. The highest BCUT2D eigenvalue weighted by atomic mass is 19.4. The number of rotatable bonds is 5. The number of nitrogens with zero attached hydrogens (tertiary/aromatic N) is 4. The Balaban J connectivity index is 1.83. The maximum Gasteiger partial charge on any atom is 0.416 e. The summed E-state index contributed by atoms with van der Waals surface area (Å²) < 4.78 is 82.1. The van der Waals surface area contributed by atoms with E-state index >= 15 is 0 Å². The fourth-order valence-electron chi connectivity index (χ4n) is 5.11. The van der Waals surface area contributed by atoms with Crippen molar-refractivity contribution in [2.75, 3.05) is 50.1 Å². The van der Waals surface area contributed by atoms with E-state index in [9.17, 15) is 36.3 Å². The molecule has 0 unspecified atom stereocenters. The number of amides is 1. The predicted octanol–water partition coefficient (Wildman–Crippen LogP) is 6.03. The summed E-state index contributed by atoms with van der Waals surface area (Å²) in [5.74, 6) is -0.421. The molecule has 0 bridgehead atoms. The van der Waals surface area contributed by atoms with Gasteiger partial charge in [-0.2, -0.15) is 26.3 Å². The van der Waals surface area contributed by atoms with Crippen LogP contribution in [0.25, 0.3) is 11.1 Å². The van der Waals surface area contributed by atoms with E-state index in [1.807, 2.05) is 37.1 Å². The van der Waals surface area contributed by atoms with Gasteiger partial charge in [0.15, 0.2) is 0 Å². The number of alkyl halides is 6. The lowest BCUT2D eigenvalue weighted by molar-refractivity contribution is -0.591. The zero-order chi connectivity index (χ0) is 31.2. The number of hydrogen-bond donors (Lipinski definition) is 0. The average Bonchev–Trinajstić information content (AvgIpc) is 2.92. The lowest BCUT2D eigenvalue weighted by Crippen LogP contribution is -2.49. The van der Waals surface area contributed by atoms with E-state index in [4.69, 9.17) is 0 Å². The monoisotopic (exact) mass is 594 g/mol. The number of anilines is 2. The first-order valence-corrected chi connectivity index (χ1v) is 13.3. The van der Waals surface area contributed by atoms with Gasteiger partial charge in [-0.05, 0) is 62.7 Å². The number of halogens is 6. The summed E-state index contributed by atoms with van der Waals surface area (Å²) in [5, 5.41) is 13.3. The van der Waals surface area contributed by atoms with Crippen LogP contribution in [0, 0.1) is 12.1 Å². The summed E-state index contributed by atoms with van der Waals surface area (Å²) in [5.41, 5.74) is -3.04. The molecule has 1 saturated heterocycles. The molecule has 0 N–H and O–H groups in total. The van der Waals surface area contributed by atoms with Gasteiger partial charge >= 0.3 is 12.4 Å². The number of carbonyl (C=O) groups is 1. The summed E-state index contributed by atoms with van der Waals surface area (Å²) in [4.78, 5) is 19.1. The number of piperazine rings is 1. The van der Waals surface area contributed by atoms with Gasteiger partial charge < -0.3 is 10.1 Å². The van der Waals surface area contributed by atoms with Crippen LogP contribution < -0.4 is 14.5 Å². The minimum atomic E-state index is -5.06. The van der Waals surface area contributed by atoms with Gasteiger partial charge in [0.05, 0.1) is 35.3 Å². The average molecular weight is 595 g/mol. The Morgan fingerprint density at radius 2 is 1.38 bits per heavy atom. The van der Waals surface area contributed by atoms with Gasteiger partial charge in [0.25, 0.3) is 5.82 Å². The Kier molecular flexibility index (Phi) is 8.25. The summed E-state index contributed by atoms with van der Waals surface area (Å²) in [6, 6.07) is 10.2. The van der Waals surface area contributed by atoms with Crippen LogP contribution in [-0.2, 0) is 22.6 Å². The van der Waals surface area contributed by atoms with Crippen molar-refractivity contribution in [3.05, 3.63) is 82.2 Å². The fraction of sp³-hybridized carbons (Fsp3) is 0.400. The largest absolute Gasteiger partial charge is 0.711 e. The second kappa shape index (κ2) is 11.1. The maximum absolute atomic E-state index is 13.9. The smallest absolute Gasteiger partial charge is 0.416 e. The van der Waals surface area contributed by atoms with E-state index in [-0.39, 0.29) is 11.8 Å². The van der Waals surface area contributed by atoms with Crippen molar-refractivity contribution >= 4 is 17.4 Å². The van der Waals surface area contributed by atoms with E-state index in [2.05, 4.69) is 4.90 Å². The first-order chi connectivity index (χ1) is 19.4. The maximum atomic E-state index is 13.9. The molecule has 6 nitrogen and oxygen atoms in total. The van der Waals surface area contributed by atoms with Crippen LogP contribution in [0.2, 0.25) is 0 Å². The van der Waals surface area contributed by atoms with Gasteiger partial charge in [0.2, 0.25) is 5.91 Å². The highest BCUT2D eigenvalue weighted by Crippen LogP contribution is 2.41. The van der Waals surface area contributed by atoms with E-state index in [1.54, 1.807) is 12.1 Å². The molecule has 2 aromatic carbocycles. The topological polar surface area (TPSA) is 53.7 Å². The Hall–Kier alpha value is -3.80. The van der Waals surface area contributed by atoms with Gasteiger partial charge in [0.1, 0.15) is 6.20 Å². The number of aromatic nitrogens is 1. The first kappa shape index (κ1) is 31.1. The third-order valence-electron chi connectivity index (χ3n) is 7.79. The van der Waals surface area contributed by atoms with Gasteiger partial charge in [-0.25, -0.2) is 4.73 Å². The molecule has 0 saturated carbocycles. The molecule has 2 heterocycles. The van der Waals surface area contributed by atoms with Crippen LogP contribution in [0.3, 0.4) is 0 Å². The number of aryl methyl sites for hydroxylation is 1. The van der Waals surface area contributed by atoms with E-state index < -0.39 is 40.4 Å². The highest BCUT2D eigenvalue weighted by molar-refractivity contribution is 6.03. The third kappa shape index (κ3) is 6.18. The summed E-state index contributed by atoms with van der Waals surface area (Å²) in [6.07, 6.45) is -8.89. The zero-order valence-electron chi connectivity index (χ0n) is 23.9. The Labute approximate surface area is 240 Å². The van der Waals surface area contributed by atoms with E-state index in [0.717, 1.165) is 29.1 Å². The van der Waals surface area contributed by atoms with Crippen molar-refractivity contribution in [2.24, 2.45) is 0 Å². The third-order valence-corrected chi connectivity index (χ3v) is 7.79. The van der Waals surface area contributed by atoms with Crippen molar-refractivity contribution in [1.82, 2.24) is 4.90 Å². The number of pyridine rings is 1. The fourth-order valence-corrected chi connectivity index (χ4v) is 5.11. The number of likely N-dealkylation sites (N-methyl/N-ethyl adjacent to an activating group) is 2. The minimum Gasteiger partial charge on any atom is -0.711 e. The molecule has 0 spiro atoms. The van der Waals surface area contributed by atoms with Crippen molar-refractivity contribution in [1.29, 1.82) is 0 Å². The molecule has 12 heteroatoms. The van der Waals surface area contributed by atoms with Gasteiger partial charge in [-0.3, -0.25) is 14.6 Å². The quantitative estimate of drug-likeness (QED) is 0.206. The van der Waals surface area contributed by atoms with Crippen molar-refractivity contribution in [3.63, 3.8) is 0 Å². The van der Waals surface area contributed by atoms with Gasteiger partial charge in [0, 0.05) is 31.8 Å². The highest BCUT2D eigenvalue weighted by Gasteiger charge is 2.41. The predicted molar refractivity (Wildman–Crippen MR) is 148 cm³/mol. The molecule has 1 aromatic heterocycles. The Morgan fingerprint density at radius 3 is 1.90 bits per heavy atom. The molecule has 3 aromatic rings. The summed E-state index contributed by atoms with van der Waals surface area (Å²) in [6.45, 7) is 7.07. The molecule has 1 aliphatic rings. The van der Waals surface area contributed by atoms with E-state index in [0.29, 0.717) is 41.3 Å². The molecular weight excluding hydrogens is 562 g/mol. The van der Waals surface area contributed by atoms with Crippen LogP contribution in [0.5, 0.6) is 0 Å². The van der Waals surface area contributed by atoms with E-state index in [1.165, 1.54) is 27.1 Å². The van der Waals surface area contributed by atoms with Crippen molar-refractivity contribution in [3.8, 4) is 11.1 Å². The van der Waals surface area contributed by atoms with Crippen LogP contribution in [0.15, 0.2) is 54.7 Å². The van der Waals surface area contributed by atoms with Crippen molar-refractivity contribution in [2.45, 2.75) is 38.5 Å². The summed E-state index contributed by atoms with van der Waals surface area (Å²) in [7, 11) is 3.34. The van der Waals surface area contributed by atoms with Crippen molar-refractivity contribution < 1.29 is 35.9 Å². The molecule has 1 fully saturated rings. The van der Waals surface area contributed by atoms with Crippen LogP contribution in [0.4, 0.5) is 37.8 Å².